The lowest BCUT2D eigenvalue weighted by Gasteiger charge is -2.17. The molecule has 2 aromatic rings. The number of rotatable bonds is 6. The van der Waals surface area contributed by atoms with Crippen LogP contribution in [-0.4, -0.2) is 26.2 Å². The van der Waals surface area contributed by atoms with Gasteiger partial charge in [-0.1, -0.05) is 23.7 Å². The topological polar surface area (TPSA) is 56.8 Å². The van der Waals surface area contributed by atoms with Gasteiger partial charge in [0, 0.05) is 12.1 Å². The molecule has 0 aliphatic heterocycles. The number of ether oxygens (including phenoxy) is 3. The highest BCUT2D eigenvalue weighted by Crippen LogP contribution is 2.36. The Hall–Kier alpha value is -2.40. The number of halogens is 1. The minimum atomic E-state index is -0.682. The fourth-order valence-corrected chi connectivity index (χ4v) is 2.37. The van der Waals surface area contributed by atoms with Gasteiger partial charge in [-0.15, -0.1) is 0 Å². The third-order valence-electron chi connectivity index (χ3n) is 3.40. The number of hydrogen-bond acceptors (Lipinski definition) is 4. The van der Waals surface area contributed by atoms with E-state index in [1.807, 2.05) is 31.2 Å². The number of aryl methyl sites for hydroxylation is 1. The molecule has 0 aromatic heterocycles. The summed E-state index contributed by atoms with van der Waals surface area (Å²) in [4.78, 5) is 12.4. The first kappa shape index (κ1) is 17.9. The highest BCUT2D eigenvalue weighted by molar-refractivity contribution is 6.32. The standard InChI is InChI=1S/C18H20ClNO4/c1-11-6-5-7-13(8-11)24-12(2)18(21)20-15-10-16(22-3)14(19)9-17(15)23-4/h5-10,12H,1-4H3,(H,20,21)/t12-/m0/s1. The van der Waals surface area contributed by atoms with Gasteiger partial charge in [-0.3, -0.25) is 4.79 Å². The van der Waals surface area contributed by atoms with Crippen LogP contribution >= 0.6 is 11.6 Å². The molecular weight excluding hydrogens is 330 g/mol. The van der Waals surface area contributed by atoms with Crippen LogP contribution in [0.3, 0.4) is 0 Å². The molecule has 0 radical (unpaired) electrons. The second kappa shape index (κ2) is 7.93. The van der Waals surface area contributed by atoms with Gasteiger partial charge in [0.1, 0.15) is 17.2 Å². The number of amides is 1. The molecule has 0 aliphatic carbocycles. The maximum absolute atomic E-state index is 12.4. The summed E-state index contributed by atoms with van der Waals surface area (Å²) in [6, 6.07) is 10.7. The fourth-order valence-electron chi connectivity index (χ4n) is 2.14. The number of nitrogens with one attached hydrogen (secondary N) is 1. The summed E-state index contributed by atoms with van der Waals surface area (Å²) in [5, 5.41) is 3.17. The molecule has 24 heavy (non-hydrogen) atoms. The van der Waals surface area contributed by atoms with Crippen molar-refractivity contribution >= 4 is 23.2 Å². The molecule has 0 bridgehead atoms. The normalized spacial score (nSPS) is 11.5. The predicted molar refractivity (Wildman–Crippen MR) is 94.5 cm³/mol. The molecule has 6 heteroatoms. The second-order valence-corrected chi connectivity index (χ2v) is 5.66. The van der Waals surface area contributed by atoms with Crippen LogP contribution < -0.4 is 19.5 Å². The van der Waals surface area contributed by atoms with Crippen LogP contribution in [0.4, 0.5) is 5.69 Å². The van der Waals surface area contributed by atoms with Crippen LogP contribution in [0.25, 0.3) is 0 Å². The van der Waals surface area contributed by atoms with E-state index in [0.717, 1.165) is 5.56 Å². The van der Waals surface area contributed by atoms with Gasteiger partial charge in [0.2, 0.25) is 0 Å². The van der Waals surface area contributed by atoms with E-state index in [2.05, 4.69) is 5.32 Å². The molecule has 1 N–H and O–H groups in total. The summed E-state index contributed by atoms with van der Waals surface area (Å²) in [6.45, 7) is 3.64. The Morgan fingerprint density at radius 2 is 1.83 bits per heavy atom. The van der Waals surface area contributed by atoms with Gasteiger partial charge in [0.05, 0.1) is 24.9 Å². The highest BCUT2D eigenvalue weighted by Gasteiger charge is 2.18. The van der Waals surface area contributed by atoms with E-state index in [1.54, 1.807) is 19.1 Å². The largest absolute Gasteiger partial charge is 0.495 e. The minimum Gasteiger partial charge on any atom is -0.495 e. The summed E-state index contributed by atoms with van der Waals surface area (Å²) in [5.41, 5.74) is 1.52. The van der Waals surface area contributed by atoms with Crippen molar-refractivity contribution in [1.29, 1.82) is 0 Å². The lowest BCUT2D eigenvalue weighted by atomic mass is 10.2. The maximum Gasteiger partial charge on any atom is 0.265 e. The molecule has 2 aromatic carbocycles. The fraction of sp³-hybridized carbons (Fsp3) is 0.278. The van der Waals surface area contributed by atoms with E-state index in [1.165, 1.54) is 14.2 Å². The molecule has 0 spiro atoms. The number of carbonyl (C=O) groups excluding carboxylic acids is 1. The highest BCUT2D eigenvalue weighted by atomic mass is 35.5. The molecule has 0 fully saturated rings. The van der Waals surface area contributed by atoms with Gasteiger partial charge >= 0.3 is 0 Å². The monoisotopic (exact) mass is 349 g/mol. The SMILES string of the molecule is COc1cc(NC(=O)[C@H](C)Oc2cccc(C)c2)c(OC)cc1Cl. The van der Waals surface area contributed by atoms with Crippen molar-refractivity contribution in [1.82, 2.24) is 0 Å². The number of benzene rings is 2. The first-order valence-electron chi connectivity index (χ1n) is 7.40. The number of methoxy groups -OCH3 is 2. The molecular formula is C18H20ClNO4. The van der Waals surface area contributed by atoms with Crippen LogP contribution in [0.2, 0.25) is 5.02 Å². The van der Waals surface area contributed by atoms with Crippen molar-refractivity contribution in [3.8, 4) is 17.2 Å². The van der Waals surface area contributed by atoms with Gasteiger partial charge in [-0.05, 0) is 31.5 Å². The average Bonchev–Trinajstić information content (AvgIpc) is 2.55. The van der Waals surface area contributed by atoms with Crippen molar-refractivity contribution in [2.45, 2.75) is 20.0 Å². The summed E-state index contributed by atoms with van der Waals surface area (Å²) in [6.07, 6.45) is -0.682. The Morgan fingerprint density at radius 3 is 2.46 bits per heavy atom. The van der Waals surface area contributed by atoms with Crippen molar-refractivity contribution in [2.24, 2.45) is 0 Å². The van der Waals surface area contributed by atoms with Gasteiger partial charge in [-0.25, -0.2) is 0 Å². The van der Waals surface area contributed by atoms with Gasteiger partial charge in [-0.2, -0.15) is 0 Å². The van der Waals surface area contributed by atoms with Crippen molar-refractivity contribution in [2.75, 3.05) is 19.5 Å². The third kappa shape index (κ3) is 4.32. The zero-order chi connectivity index (χ0) is 17.7. The lowest BCUT2D eigenvalue weighted by Crippen LogP contribution is -2.30. The van der Waals surface area contributed by atoms with Crippen LogP contribution in [0, 0.1) is 6.92 Å². The summed E-state index contributed by atoms with van der Waals surface area (Å²) in [7, 11) is 3.00. The molecule has 1 amide bonds. The van der Waals surface area contributed by atoms with Crippen LogP contribution in [0.15, 0.2) is 36.4 Å². The molecule has 0 unspecified atom stereocenters. The lowest BCUT2D eigenvalue weighted by molar-refractivity contribution is -0.122. The quantitative estimate of drug-likeness (QED) is 0.854. The molecule has 0 aliphatic rings. The molecule has 2 rings (SSSR count). The number of carbonyl (C=O) groups is 1. The Bertz CT molecular complexity index is 733. The smallest absolute Gasteiger partial charge is 0.265 e. The Balaban J connectivity index is 2.13. The van der Waals surface area contributed by atoms with E-state index in [0.29, 0.717) is 28.0 Å². The van der Waals surface area contributed by atoms with Gasteiger partial charge in [0.15, 0.2) is 6.10 Å². The summed E-state index contributed by atoms with van der Waals surface area (Å²) in [5.74, 6) is 1.22. The Morgan fingerprint density at radius 1 is 1.12 bits per heavy atom. The number of anilines is 1. The van der Waals surface area contributed by atoms with E-state index in [4.69, 9.17) is 25.8 Å². The molecule has 0 saturated carbocycles. The second-order valence-electron chi connectivity index (χ2n) is 5.25. The van der Waals surface area contributed by atoms with Crippen LogP contribution in [-0.2, 0) is 4.79 Å². The van der Waals surface area contributed by atoms with E-state index >= 15 is 0 Å². The Kier molecular flexibility index (Phi) is 5.93. The number of hydrogen-bond donors (Lipinski definition) is 1. The van der Waals surface area contributed by atoms with E-state index in [9.17, 15) is 4.79 Å². The first-order chi connectivity index (χ1) is 11.4. The molecule has 0 saturated heterocycles. The zero-order valence-corrected chi connectivity index (χ0v) is 14.8. The maximum atomic E-state index is 12.4. The third-order valence-corrected chi connectivity index (χ3v) is 3.70. The van der Waals surface area contributed by atoms with Crippen LogP contribution in [0.1, 0.15) is 12.5 Å². The molecule has 128 valence electrons. The van der Waals surface area contributed by atoms with E-state index in [-0.39, 0.29) is 5.91 Å². The zero-order valence-electron chi connectivity index (χ0n) is 14.1. The molecule has 5 nitrogen and oxygen atoms in total. The van der Waals surface area contributed by atoms with Gasteiger partial charge in [0.25, 0.3) is 5.91 Å². The molecule has 1 atom stereocenters. The predicted octanol–water partition coefficient (Wildman–Crippen LogP) is 4.07. The van der Waals surface area contributed by atoms with E-state index < -0.39 is 6.10 Å². The van der Waals surface area contributed by atoms with Gasteiger partial charge < -0.3 is 19.5 Å². The summed E-state index contributed by atoms with van der Waals surface area (Å²) >= 11 is 6.06. The summed E-state index contributed by atoms with van der Waals surface area (Å²) < 4.78 is 16.1. The van der Waals surface area contributed by atoms with Crippen molar-refractivity contribution in [3.63, 3.8) is 0 Å². The van der Waals surface area contributed by atoms with Crippen molar-refractivity contribution < 1.29 is 19.0 Å². The Labute approximate surface area is 146 Å². The molecule has 0 heterocycles. The average molecular weight is 350 g/mol. The van der Waals surface area contributed by atoms with Crippen molar-refractivity contribution in [3.05, 3.63) is 47.0 Å². The first-order valence-corrected chi connectivity index (χ1v) is 7.78. The minimum absolute atomic E-state index is 0.306. The van der Waals surface area contributed by atoms with Crippen LogP contribution in [0.5, 0.6) is 17.2 Å².